The molecule has 0 amide bonds. The van der Waals surface area contributed by atoms with Gasteiger partial charge in [-0.15, -0.1) is 0 Å². The number of phenols is 1. The van der Waals surface area contributed by atoms with E-state index in [-0.39, 0.29) is 30.4 Å². The van der Waals surface area contributed by atoms with E-state index >= 15 is 0 Å². The first kappa shape index (κ1) is 28.8. The Morgan fingerprint density at radius 1 is 0.909 bits per heavy atom. The number of aliphatic hydroxyl groups is 2. The lowest BCUT2D eigenvalue weighted by Gasteiger charge is -2.27. The molecule has 0 saturated heterocycles. The Morgan fingerprint density at radius 2 is 1.59 bits per heavy atom. The normalized spacial score (nSPS) is 17.7. The zero-order chi connectivity index (χ0) is 31.7. The molecule has 1 aromatic heterocycles. The number of ether oxygens (including phenoxy) is 1. The summed E-state index contributed by atoms with van der Waals surface area (Å²) in [5.41, 5.74) is -5.78. The van der Waals surface area contributed by atoms with Crippen LogP contribution in [0.15, 0.2) is 60.4 Å². The molecule has 0 unspecified atom stereocenters. The molecular weight excluding hydrogens is 568 g/mol. The minimum atomic E-state index is -1.94. The van der Waals surface area contributed by atoms with E-state index in [0.717, 1.165) is 6.07 Å². The van der Waals surface area contributed by atoms with E-state index in [1.807, 2.05) is 13.0 Å². The summed E-state index contributed by atoms with van der Waals surface area (Å²) in [5, 5.41) is 32.4. The summed E-state index contributed by atoms with van der Waals surface area (Å²) < 4.78 is 5.45. The highest BCUT2D eigenvalue weighted by Crippen LogP contribution is 2.54. The molecule has 0 saturated carbocycles. The van der Waals surface area contributed by atoms with Crippen molar-refractivity contribution in [2.45, 2.75) is 25.2 Å². The number of aliphatic hydroxyl groups excluding tert-OH is 2. The number of aryl methyl sites for hydroxylation is 1. The molecule has 11 nitrogen and oxygen atoms in total. The summed E-state index contributed by atoms with van der Waals surface area (Å²) in [5.74, 6) is -2.41. The Morgan fingerprint density at radius 3 is 2.25 bits per heavy atom. The summed E-state index contributed by atoms with van der Waals surface area (Å²) in [4.78, 5) is 71.5. The van der Waals surface area contributed by atoms with Crippen molar-refractivity contribution in [2.75, 3.05) is 27.2 Å². The molecule has 4 aliphatic rings. The Labute approximate surface area is 247 Å². The Balaban J connectivity index is 1.65. The van der Waals surface area contributed by atoms with Crippen molar-refractivity contribution >= 4 is 28.4 Å². The molecule has 1 spiro atoms. The van der Waals surface area contributed by atoms with Crippen LogP contribution in [0.25, 0.3) is 28.4 Å². The smallest absolute Gasteiger partial charge is 0.260 e. The van der Waals surface area contributed by atoms with Crippen molar-refractivity contribution in [3.8, 4) is 11.5 Å². The maximum atomic E-state index is 13.8. The average molecular weight is 597 g/mol. The highest BCUT2D eigenvalue weighted by Gasteiger charge is 2.53. The van der Waals surface area contributed by atoms with Gasteiger partial charge in [0.1, 0.15) is 29.3 Å². The second-order valence-corrected chi connectivity index (χ2v) is 11.3. The van der Waals surface area contributed by atoms with Crippen molar-refractivity contribution < 1.29 is 20.1 Å². The maximum Gasteiger partial charge on any atom is 0.260 e. The number of hydrogen-bond acceptors (Lipinski definition) is 10. The van der Waals surface area contributed by atoms with Crippen molar-refractivity contribution in [3.05, 3.63) is 125 Å². The summed E-state index contributed by atoms with van der Waals surface area (Å²) in [6.07, 6.45) is 7.15. The molecular formula is C33H28N2O9. The topological polar surface area (TPSA) is 174 Å². The number of nitrogens with zero attached hydrogens (tertiary/aromatic N) is 1. The van der Waals surface area contributed by atoms with Crippen LogP contribution in [0.2, 0.25) is 0 Å². The van der Waals surface area contributed by atoms with Gasteiger partial charge in [-0.2, -0.15) is 0 Å². The third kappa shape index (κ3) is 3.89. The van der Waals surface area contributed by atoms with E-state index in [2.05, 4.69) is 4.98 Å². The molecule has 1 aromatic carbocycles. The number of fused-ring (bicyclic) bond motifs is 4. The highest BCUT2D eigenvalue weighted by molar-refractivity contribution is 5.94. The minimum absolute atomic E-state index is 0.0285. The van der Waals surface area contributed by atoms with Gasteiger partial charge in [-0.25, -0.2) is 0 Å². The van der Waals surface area contributed by atoms with Crippen LogP contribution >= 0.6 is 0 Å². The Hall–Kier alpha value is -5.29. The van der Waals surface area contributed by atoms with Crippen LogP contribution in [0.5, 0.6) is 11.5 Å². The first-order valence-corrected chi connectivity index (χ1v) is 14.0. The van der Waals surface area contributed by atoms with Gasteiger partial charge in [0.25, 0.3) is 5.56 Å². The number of rotatable bonds is 6. The van der Waals surface area contributed by atoms with E-state index in [9.17, 15) is 39.3 Å². The van der Waals surface area contributed by atoms with Gasteiger partial charge in [-0.1, -0.05) is 24.3 Å². The van der Waals surface area contributed by atoms with E-state index in [1.165, 1.54) is 0 Å². The largest absolute Gasteiger partial charge is 0.510 e. The van der Waals surface area contributed by atoms with Gasteiger partial charge in [0, 0.05) is 23.9 Å². The summed E-state index contributed by atoms with van der Waals surface area (Å²) in [6.45, 7) is 2.28. The van der Waals surface area contributed by atoms with Crippen molar-refractivity contribution in [1.29, 1.82) is 0 Å². The number of aromatic nitrogens is 1. The zero-order valence-electron chi connectivity index (χ0n) is 24.1. The quantitative estimate of drug-likeness (QED) is 0.223. The van der Waals surface area contributed by atoms with E-state index in [1.54, 1.807) is 49.4 Å². The van der Waals surface area contributed by atoms with Crippen LogP contribution in [0, 0.1) is 10.4 Å². The number of benzene rings is 1. The molecule has 1 atom stereocenters. The molecule has 2 aromatic rings. The van der Waals surface area contributed by atoms with Gasteiger partial charge in [-0.05, 0) is 57.0 Å². The number of aromatic hydroxyl groups is 1. The fraction of sp³-hybridized carbons (Fsp3) is 0.242. The summed E-state index contributed by atoms with van der Waals surface area (Å²) in [6, 6.07) is 4.16. The summed E-state index contributed by atoms with van der Waals surface area (Å²) >= 11 is 0. The predicted octanol–water partition coefficient (Wildman–Crippen LogP) is 0.0348. The van der Waals surface area contributed by atoms with Crippen molar-refractivity contribution in [3.63, 3.8) is 0 Å². The van der Waals surface area contributed by atoms with E-state index < -0.39 is 76.6 Å². The SMILES string of the molecule is C/C=C/C=C/c1cc2cc3c(c(O)c2c(=O)[nH]1)[C@@]1(CC3)C(O)=c2c(=O)c3c(=O)cc(OCCN(C)C)c(=O)c=3c(=O)c2=C1O. The predicted molar refractivity (Wildman–Crippen MR) is 165 cm³/mol. The zero-order valence-corrected chi connectivity index (χ0v) is 24.1. The molecule has 4 N–H and O–H groups in total. The molecule has 0 radical (unpaired) electrons. The Kier molecular flexibility index (Phi) is 6.66. The molecule has 1 heterocycles. The molecule has 0 fully saturated rings. The van der Waals surface area contributed by atoms with Crippen LogP contribution in [-0.2, 0) is 11.8 Å². The van der Waals surface area contributed by atoms with Crippen LogP contribution in [-0.4, -0.2) is 52.5 Å². The monoisotopic (exact) mass is 596 g/mol. The minimum Gasteiger partial charge on any atom is -0.510 e. The molecule has 6 rings (SSSR count). The van der Waals surface area contributed by atoms with Crippen LogP contribution < -0.4 is 42.4 Å². The van der Waals surface area contributed by atoms with Crippen molar-refractivity contribution in [1.82, 2.24) is 9.88 Å². The van der Waals surface area contributed by atoms with Crippen LogP contribution in [0.1, 0.15) is 30.2 Å². The lowest BCUT2D eigenvalue weighted by molar-refractivity contribution is 0.259. The molecule has 11 heteroatoms. The second kappa shape index (κ2) is 10.2. The number of H-pyrrole nitrogens is 1. The van der Waals surface area contributed by atoms with Gasteiger partial charge in [0.2, 0.25) is 16.3 Å². The molecule has 4 aliphatic carbocycles. The van der Waals surface area contributed by atoms with Gasteiger partial charge < -0.3 is 29.9 Å². The number of nitrogens with one attached hydrogen (secondary N) is 1. The van der Waals surface area contributed by atoms with Gasteiger partial charge >= 0.3 is 0 Å². The van der Waals surface area contributed by atoms with Gasteiger partial charge in [0.15, 0.2) is 11.2 Å². The highest BCUT2D eigenvalue weighted by atomic mass is 16.5. The van der Waals surface area contributed by atoms with Crippen LogP contribution in [0.4, 0.5) is 0 Å². The number of likely N-dealkylation sites (N-methyl/N-ethyl adjacent to an activating group) is 1. The standard InChI is InChI=1S/C33H28N2O9/c1-4-5-6-7-17-13-16-12-15-8-9-33(25(15)29(40)20(16)32(43)34-17)30(41)23-24(31(33)42)28(39)22-21(27(23)38)18(36)14-19(26(22)37)44-11-10-35(2)3/h4-7,12-14,40-42H,8-11H2,1-3H3,(H,34,43)/b5-4+,7-6+/t33-/m0/s1. The number of phenolic OH excluding ortho intramolecular Hbond substituents is 1. The molecule has 44 heavy (non-hydrogen) atoms. The van der Waals surface area contributed by atoms with Crippen molar-refractivity contribution in [2.24, 2.45) is 0 Å². The first-order valence-electron chi connectivity index (χ1n) is 14.0. The fourth-order valence-electron chi connectivity index (χ4n) is 6.42. The number of allylic oxidation sites excluding steroid dienone is 3. The van der Waals surface area contributed by atoms with Gasteiger partial charge in [0.05, 0.1) is 26.3 Å². The third-order valence-electron chi connectivity index (χ3n) is 8.43. The number of hydrogen-bond donors (Lipinski definition) is 4. The maximum absolute atomic E-state index is 13.8. The average Bonchev–Trinajstić information content (AvgIpc) is 3.45. The summed E-state index contributed by atoms with van der Waals surface area (Å²) in [7, 11) is 3.56. The molecule has 0 aliphatic heterocycles. The fourth-order valence-corrected chi connectivity index (χ4v) is 6.42. The van der Waals surface area contributed by atoms with Gasteiger partial charge in [-0.3, -0.25) is 24.0 Å². The lowest BCUT2D eigenvalue weighted by Crippen LogP contribution is -2.52. The number of pyridine rings is 1. The lowest BCUT2D eigenvalue weighted by atomic mass is 9.78. The van der Waals surface area contributed by atoms with E-state index in [4.69, 9.17) is 4.74 Å². The Bertz CT molecular complexity index is 2450. The molecule has 224 valence electrons. The van der Waals surface area contributed by atoms with Crippen LogP contribution in [0.3, 0.4) is 0 Å². The molecule has 0 bridgehead atoms. The second-order valence-electron chi connectivity index (χ2n) is 11.3. The third-order valence-corrected chi connectivity index (χ3v) is 8.43. The number of aromatic amines is 1. The van der Waals surface area contributed by atoms with E-state index in [0.29, 0.717) is 23.2 Å². The first-order chi connectivity index (χ1) is 20.9.